The standard InChI is InChI=1S/C18H25N5/c1-13(2)17(22-12-11-14-7-3-6-10-16(14)22)18-19-20-21-23(18)15-8-4-5-9-15/h3,6-7,10,13,15,17H,4-5,8-9,11-12H2,1-2H3. The summed E-state index contributed by atoms with van der Waals surface area (Å²) >= 11 is 0. The summed E-state index contributed by atoms with van der Waals surface area (Å²) in [5, 5.41) is 12.9. The van der Waals surface area contributed by atoms with Crippen molar-refractivity contribution in [1.82, 2.24) is 20.2 Å². The summed E-state index contributed by atoms with van der Waals surface area (Å²) < 4.78 is 2.12. The minimum atomic E-state index is 0.245. The second-order valence-electron chi connectivity index (χ2n) is 7.18. The molecule has 1 aliphatic heterocycles. The Bertz CT molecular complexity index is 672. The molecule has 1 unspecified atom stereocenters. The van der Waals surface area contributed by atoms with Crippen LogP contribution in [0.5, 0.6) is 0 Å². The first kappa shape index (κ1) is 14.7. The van der Waals surface area contributed by atoms with Crippen LogP contribution in [0.25, 0.3) is 0 Å². The molecule has 1 saturated carbocycles. The molecule has 5 heteroatoms. The molecule has 0 spiro atoms. The van der Waals surface area contributed by atoms with Crippen LogP contribution in [-0.2, 0) is 6.42 Å². The lowest BCUT2D eigenvalue weighted by Crippen LogP contribution is -2.33. The molecule has 2 heterocycles. The molecule has 0 amide bonds. The number of hydrogen-bond donors (Lipinski definition) is 0. The van der Waals surface area contributed by atoms with E-state index in [1.807, 2.05) is 0 Å². The van der Waals surface area contributed by atoms with Crippen LogP contribution in [0, 0.1) is 5.92 Å². The predicted octanol–water partition coefficient (Wildman–Crippen LogP) is 3.55. The maximum Gasteiger partial charge on any atom is 0.174 e. The van der Waals surface area contributed by atoms with Gasteiger partial charge in [-0.1, -0.05) is 44.9 Å². The monoisotopic (exact) mass is 311 g/mol. The molecule has 5 nitrogen and oxygen atoms in total. The molecule has 0 bridgehead atoms. The summed E-state index contributed by atoms with van der Waals surface area (Å²) in [6.45, 7) is 5.61. The summed E-state index contributed by atoms with van der Waals surface area (Å²) in [5.41, 5.74) is 2.80. The molecular formula is C18H25N5. The van der Waals surface area contributed by atoms with Crippen molar-refractivity contribution in [2.75, 3.05) is 11.4 Å². The molecular weight excluding hydrogens is 286 g/mol. The number of nitrogens with zero attached hydrogens (tertiary/aromatic N) is 5. The minimum absolute atomic E-state index is 0.245. The number of anilines is 1. The molecule has 1 aromatic heterocycles. The molecule has 0 N–H and O–H groups in total. The Morgan fingerprint density at radius 1 is 1.13 bits per heavy atom. The Balaban J connectivity index is 1.71. The second kappa shape index (κ2) is 5.95. The van der Waals surface area contributed by atoms with E-state index in [1.54, 1.807) is 0 Å². The number of rotatable bonds is 4. The van der Waals surface area contributed by atoms with Crippen LogP contribution >= 0.6 is 0 Å². The van der Waals surface area contributed by atoms with Crippen LogP contribution in [0.2, 0.25) is 0 Å². The van der Waals surface area contributed by atoms with E-state index < -0.39 is 0 Å². The van der Waals surface area contributed by atoms with Gasteiger partial charge in [-0.15, -0.1) is 5.10 Å². The summed E-state index contributed by atoms with van der Waals surface area (Å²) in [7, 11) is 0. The van der Waals surface area contributed by atoms with E-state index in [1.165, 1.54) is 36.9 Å². The molecule has 4 rings (SSSR count). The number of aromatic nitrogens is 4. The van der Waals surface area contributed by atoms with E-state index in [2.05, 4.69) is 63.2 Å². The van der Waals surface area contributed by atoms with Crippen molar-refractivity contribution < 1.29 is 0 Å². The lowest BCUT2D eigenvalue weighted by Gasteiger charge is -2.33. The Kier molecular flexibility index (Phi) is 3.79. The van der Waals surface area contributed by atoms with Crippen LogP contribution in [0.15, 0.2) is 24.3 Å². The number of para-hydroxylation sites is 1. The largest absolute Gasteiger partial charge is 0.360 e. The normalized spacial score (nSPS) is 19.5. The van der Waals surface area contributed by atoms with Crippen molar-refractivity contribution in [1.29, 1.82) is 0 Å². The Hall–Kier alpha value is -1.91. The van der Waals surface area contributed by atoms with E-state index in [4.69, 9.17) is 0 Å². The van der Waals surface area contributed by atoms with Gasteiger partial charge < -0.3 is 4.90 Å². The Labute approximate surface area is 137 Å². The van der Waals surface area contributed by atoms with Gasteiger partial charge in [-0.25, -0.2) is 4.68 Å². The first-order chi connectivity index (χ1) is 11.3. The second-order valence-corrected chi connectivity index (χ2v) is 7.18. The summed E-state index contributed by atoms with van der Waals surface area (Å²) in [5.74, 6) is 1.51. The van der Waals surface area contributed by atoms with Gasteiger partial charge in [0.15, 0.2) is 5.82 Å². The van der Waals surface area contributed by atoms with Gasteiger partial charge in [-0.2, -0.15) is 0 Å². The average molecular weight is 311 g/mol. The van der Waals surface area contributed by atoms with Crippen LogP contribution in [0.3, 0.4) is 0 Å². The molecule has 23 heavy (non-hydrogen) atoms. The molecule has 122 valence electrons. The highest BCUT2D eigenvalue weighted by atomic mass is 15.6. The van der Waals surface area contributed by atoms with Crippen LogP contribution < -0.4 is 4.90 Å². The number of hydrogen-bond acceptors (Lipinski definition) is 4. The van der Waals surface area contributed by atoms with Gasteiger partial charge in [0.25, 0.3) is 0 Å². The third kappa shape index (κ3) is 2.52. The first-order valence-electron chi connectivity index (χ1n) is 8.88. The zero-order valence-electron chi connectivity index (χ0n) is 14.0. The summed E-state index contributed by atoms with van der Waals surface area (Å²) in [6, 6.07) is 9.48. The van der Waals surface area contributed by atoms with Crippen LogP contribution in [0.4, 0.5) is 5.69 Å². The smallest absolute Gasteiger partial charge is 0.174 e. The third-order valence-electron chi connectivity index (χ3n) is 5.34. The van der Waals surface area contributed by atoms with Gasteiger partial charge in [0, 0.05) is 12.2 Å². The van der Waals surface area contributed by atoms with Gasteiger partial charge in [0.2, 0.25) is 0 Å². The molecule has 0 saturated heterocycles. The van der Waals surface area contributed by atoms with Crippen molar-refractivity contribution in [3.63, 3.8) is 0 Å². The lowest BCUT2D eigenvalue weighted by molar-refractivity contribution is 0.383. The fraction of sp³-hybridized carbons (Fsp3) is 0.611. The Morgan fingerprint density at radius 2 is 1.91 bits per heavy atom. The highest BCUT2D eigenvalue weighted by molar-refractivity contribution is 5.59. The molecule has 0 radical (unpaired) electrons. The van der Waals surface area contributed by atoms with Crippen molar-refractivity contribution in [2.45, 2.75) is 58.0 Å². The highest BCUT2D eigenvalue weighted by Gasteiger charge is 2.34. The lowest BCUT2D eigenvalue weighted by atomic mass is 10.0. The summed E-state index contributed by atoms with van der Waals surface area (Å²) in [4.78, 5) is 2.51. The molecule has 2 aromatic rings. The third-order valence-corrected chi connectivity index (χ3v) is 5.34. The fourth-order valence-corrected chi connectivity index (χ4v) is 4.25. The van der Waals surface area contributed by atoms with Gasteiger partial charge >= 0.3 is 0 Å². The SMILES string of the molecule is CC(C)C(c1nnnn1C1CCCC1)N1CCc2ccccc21. The van der Waals surface area contributed by atoms with E-state index in [0.29, 0.717) is 12.0 Å². The van der Waals surface area contributed by atoms with Gasteiger partial charge in [-0.05, 0) is 47.2 Å². The van der Waals surface area contributed by atoms with E-state index in [-0.39, 0.29) is 6.04 Å². The predicted molar refractivity (Wildman–Crippen MR) is 90.4 cm³/mol. The number of tetrazole rings is 1. The van der Waals surface area contributed by atoms with Gasteiger partial charge in [0.1, 0.15) is 0 Å². The van der Waals surface area contributed by atoms with Crippen molar-refractivity contribution in [3.05, 3.63) is 35.7 Å². The quantitative estimate of drug-likeness (QED) is 0.866. The molecule has 1 aliphatic carbocycles. The fourth-order valence-electron chi connectivity index (χ4n) is 4.25. The zero-order valence-corrected chi connectivity index (χ0v) is 14.0. The van der Waals surface area contributed by atoms with E-state index in [9.17, 15) is 0 Å². The minimum Gasteiger partial charge on any atom is -0.360 e. The maximum absolute atomic E-state index is 4.46. The number of benzene rings is 1. The number of fused-ring (bicyclic) bond motifs is 1. The average Bonchev–Trinajstić information content (AvgIpc) is 3.28. The van der Waals surface area contributed by atoms with E-state index >= 15 is 0 Å². The molecule has 1 fully saturated rings. The summed E-state index contributed by atoms with van der Waals surface area (Å²) in [6.07, 6.45) is 6.12. The van der Waals surface area contributed by atoms with Crippen molar-refractivity contribution in [3.8, 4) is 0 Å². The topological polar surface area (TPSA) is 46.8 Å². The van der Waals surface area contributed by atoms with Gasteiger partial charge in [-0.3, -0.25) is 0 Å². The maximum atomic E-state index is 4.46. The van der Waals surface area contributed by atoms with Crippen LogP contribution in [-0.4, -0.2) is 26.8 Å². The van der Waals surface area contributed by atoms with Crippen molar-refractivity contribution >= 4 is 5.69 Å². The zero-order chi connectivity index (χ0) is 15.8. The first-order valence-corrected chi connectivity index (χ1v) is 8.88. The van der Waals surface area contributed by atoms with E-state index in [0.717, 1.165) is 18.8 Å². The van der Waals surface area contributed by atoms with Crippen LogP contribution in [0.1, 0.15) is 63.0 Å². The highest BCUT2D eigenvalue weighted by Crippen LogP contribution is 2.39. The van der Waals surface area contributed by atoms with Gasteiger partial charge in [0.05, 0.1) is 12.1 Å². The molecule has 1 aromatic carbocycles. The molecule has 1 atom stereocenters. The Morgan fingerprint density at radius 3 is 2.70 bits per heavy atom. The van der Waals surface area contributed by atoms with Crippen molar-refractivity contribution in [2.24, 2.45) is 5.92 Å². The molecule has 2 aliphatic rings.